The Morgan fingerprint density at radius 2 is 1.76 bits per heavy atom. The van der Waals surface area contributed by atoms with Crippen LogP contribution in [0.3, 0.4) is 0 Å². The number of para-hydroxylation sites is 1. The van der Waals surface area contributed by atoms with E-state index in [4.69, 9.17) is 0 Å². The van der Waals surface area contributed by atoms with Crippen LogP contribution in [0.15, 0.2) is 61.2 Å². The number of benzene rings is 2. The average molecular weight is 279 g/mol. The lowest BCUT2D eigenvalue weighted by Crippen LogP contribution is -1.95. The Morgan fingerprint density at radius 1 is 1.10 bits per heavy atom. The number of ketones is 1. The van der Waals surface area contributed by atoms with Crippen molar-refractivity contribution in [3.63, 3.8) is 0 Å². The molecule has 0 heterocycles. The molecule has 0 fully saturated rings. The zero-order valence-electron chi connectivity index (χ0n) is 11.2. The summed E-state index contributed by atoms with van der Waals surface area (Å²) in [5.74, 6) is -0.205. The molecule has 4 heteroatoms. The van der Waals surface area contributed by atoms with E-state index in [1.807, 2.05) is 0 Å². The first-order chi connectivity index (χ1) is 10.1. The van der Waals surface area contributed by atoms with Crippen LogP contribution >= 0.6 is 0 Å². The molecule has 0 unspecified atom stereocenters. The normalized spacial score (nSPS) is 10.5. The molecule has 0 spiro atoms. The van der Waals surface area contributed by atoms with Gasteiger partial charge < -0.3 is 0 Å². The van der Waals surface area contributed by atoms with Gasteiger partial charge in [-0.3, -0.25) is 14.9 Å². The number of carbonyl (C=O) groups excluding carboxylic acids is 1. The van der Waals surface area contributed by atoms with Crippen molar-refractivity contribution in [3.8, 4) is 0 Å². The number of nitro groups is 1. The molecule has 0 aliphatic carbocycles. The molecule has 0 saturated carbocycles. The van der Waals surface area contributed by atoms with Gasteiger partial charge in [0.05, 0.1) is 10.5 Å². The lowest BCUT2D eigenvalue weighted by atomic mass is 10.1. The fourth-order valence-corrected chi connectivity index (χ4v) is 1.84. The Hall–Kier alpha value is -3.01. The van der Waals surface area contributed by atoms with Gasteiger partial charge in [-0.15, -0.1) is 0 Å². The Bertz CT molecular complexity index is 715. The minimum Gasteiger partial charge on any atom is -0.289 e. The second-order valence-corrected chi connectivity index (χ2v) is 4.34. The van der Waals surface area contributed by atoms with E-state index in [-0.39, 0.29) is 11.5 Å². The zero-order valence-corrected chi connectivity index (χ0v) is 11.2. The Kier molecular flexibility index (Phi) is 4.41. The summed E-state index contributed by atoms with van der Waals surface area (Å²) < 4.78 is 0. The van der Waals surface area contributed by atoms with Gasteiger partial charge in [0.15, 0.2) is 5.78 Å². The van der Waals surface area contributed by atoms with Crippen molar-refractivity contribution in [2.24, 2.45) is 0 Å². The third-order valence-electron chi connectivity index (χ3n) is 2.98. The van der Waals surface area contributed by atoms with Crippen molar-refractivity contribution in [1.82, 2.24) is 0 Å². The smallest absolute Gasteiger partial charge is 0.276 e. The average Bonchev–Trinajstić information content (AvgIpc) is 2.52. The number of carbonyl (C=O) groups is 1. The Morgan fingerprint density at radius 3 is 2.38 bits per heavy atom. The first kappa shape index (κ1) is 14.4. The summed E-state index contributed by atoms with van der Waals surface area (Å²) in [6.45, 7) is 3.64. The van der Waals surface area contributed by atoms with Gasteiger partial charge >= 0.3 is 0 Å². The third kappa shape index (κ3) is 3.51. The molecule has 0 aromatic heterocycles. The quantitative estimate of drug-likeness (QED) is 0.358. The first-order valence-corrected chi connectivity index (χ1v) is 6.30. The molecule has 0 bridgehead atoms. The van der Waals surface area contributed by atoms with Gasteiger partial charge in [-0.05, 0) is 23.8 Å². The zero-order chi connectivity index (χ0) is 15.2. The summed E-state index contributed by atoms with van der Waals surface area (Å²) in [4.78, 5) is 22.4. The van der Waals surface area contributed by atoms with Crippen LogP contribution in [-0.2, 0) is 0 Å². The highest BCUT2D eigenvalue weighted by Gasteiger charge is 2.10. The second-order valence-electron chi connectivity index (χ2n) is 4.34. The molecule has 0 saturated heterocycles. The van der Waals surface area contributed by atoms with Crippen LogP contribution in [0.4, 0.5) is 5.69 Å². The number of hydrogen-bond acceptors (Lipinski definition) is 3. The SMILES string of the molecule is C=Cc1ccc(C(=O)C=Cc2ccccc2[N+](=O)[O-])cc1. The maximum atomic E-state index is 12.0. The van der Waals surface area contributed by atoms with Gasteiger partial charge in [-0.25, -0.2) is 0 Å². The van der Waals surface area contributed by atoms with Crippen molar-refractivity contribution in [2.75, 3.05) is 0 Å². The predicted molar refractivity (Wildman–Crippen MR) is 83.0 cm³/mol. The number of rotatable bonds is 5. The number of hydrogen-bond donors (Lipinski definition) is 0. The second kappa shape index (κ2) is 6.43. The molecule has 0 N–H and O–H groups in total. The standard InChI is InChI=1S/C17H13NO3/c1-2-13-7-9-15(10-8-13)17(19)12-11-14-5-3-4-6-16(14)18(20)21/h2-12H,1H2. The number of allylic oxidation sites excluding steroid dienone is 1. The molecule has 2 aromatic carbocycles. The van der Waals surface area contributed by atoms with Crippen LogP contribution in [-0.4, -0.2) is 10.7 Å². The summed E-state index contributed by atoms with van der Waals surface area (Å²) in [7, 11) is 0. The molecule has 2 rings (SSSR count). The molecule has 0 amide bonds. The predicted octanol–water partition coefficient (Wildman–Crippen LogP) is 4.13. The summed E-state index contributed by atoms with van der Waals surface area (Å²) in [5, 5.41) is 10.9. The highest BCUT2D eigenvalue weighted by atomic mass is 16.6. The minimum atomic E-state index is -0.469. The molecule has 0 atom stereocenters. The van der Waals surface area contributed by atoms with E-state index in [1.54, 1.807) is 48.5 Å². The molecule has 0 aliphatic rings. The highest BCUT2D eigenvalue weighted by Crippen LogP contribution is 2.19. The molecule has 0 radical (unpaired) electrons. The molecular weight excluding hydrogens is 266 g/mol. The lowest BCUT2D eigenvalue weighted by Gasteiger charge is -1.98. The molecule has 2 aromatic rings. The van der Waals surface area contributed by atoms with E-state index in [0.717, 1.165) is 5.56 Å². The van der Waals surface area contributed by atoms with Gasteiger partial charge in [0.25, 0.3) is 5.69 Å². The highest BCUT2D eigenvalue weighted by molar-refractivity contribution is 6.07. The van der Waals surface area contributed by atoms with Gasteiger partial charge in [0.2, 0.25) is 0 Å². The molecular formula is C17H13NO3. The van der Waals surface area contributed by atoms with Crippen LogP contribution < -0.4 is 0 Å². The molecule has 104 valence electrons. The minimum absolute atomic E-state index is 0.0245. The third-order valence-corrected chi connectivity index (χ3v) is 2.98. The topological polar surface area (TPSA) is 60.2 Å². The van der Waals surface area contributed by atoms with Crippen molar-refractivity contribution in [3.05, 3.63) is 88.0 Å². The van der Waals surface area contributed by atoms with Crippen molar-refractivity contribution < 1.29 is 9.72 Å². The van der Waals surface area contributed by atoms with Crippen molar-refractivity contribution in [1.29, 1.82) is 0 Å². The fourth-order valence-electron chi connectivity index (χ4n) is 1.84. The van der Waals surface area contributed by atoms with Crippen molar-refractivity contribution >= 4 is 23.6 Å². The largest absolute Gasteiger partial charge is 0.289 e. The summed E-state index contributed by atoms with van der Waals surface area (Å²) >= 11 is 0. The van der Waals surface area contributed by atoms with E-state index in [2.05, 4.69) is 6.58 Å². The maximum Gasteiger partial charge on any atom is 0.276 e. The number of nitrogens with zero attached hydrogens (tertiary/aromatic N) is 1. The monoisotopic (exact) mass is 279 g/mol. The van der Waals surface area contributed by atoms with E-state index in [9.17, 15) is 14.9 Å². The summed E-state index contributed by atoms with van der Waals surface area (Å²) in [5.41, 5.74) is 1.83. The molecule has 21 heavy (non-hydrogen) atoms. The van der Waals surface area contributed by atoms with Gasteiger partial charge in [0, 0.05) is 11.6 Å². The van der Waals surface area contributed by atoms with Gasteiger partial charge in [-0.1, -0.05) is 49.1 Å². The van der Waals surface area contributed by atoms with E-state index in [1.165, 1.54) is 18.2 Å². The Balaban J connectivity index is 2.22. The van der Waals surface area contributed by atoms with E-state index >= 15 is 0 Å². The van der Waals surface area contributed by atoms with Crippen LogP contribution in [0.25, 0.3) is 12.2 Å². The maximum absolute atomic E-state index is 12.0. The fraction of sp³-hybridized carbons (Fsp3) is 0. The summed E-state index contributed by atoms with van der Waals surface area (Å²) in [6.07, 6.45) is 4.49. The lowest BCUT2D eigenvalue weighted by molar-refractivity contribution is -0.385. The van der Waals surface area contributed by atoms with Crippen LogP contribution in [0.1, 0.15) is 21.5 Å². The van der Waals surface area contributed by atoms with Crippen LogP contribution in [0.5, 0.6) is 0 Å². The molecule has 4 nitrogen and oxygen atoms in total. The van der Waals surface area contributed by atoms with Crippen LogP contribution in [0, 0.1) is 10.1 Å². The Labute approximate surface area is 122 Å². The van der Waals surface area contributed by atoms with Gasteiger partial charge in [0.1, 0.15) is 0 Å². The number of nitro benzene ring substituents is 1. The van der Waals surface area contributed by atoms with E-state index < -0.39 is 4.92 Å². The summed E-state index contributed by atoms with van der Waals surface area (Å²) in [6, 6.07) is 13.3. The van der Waals surface area contributed by atoms with E-state index in [0.29, 0.717) is 11.1 Å². The molecule has 0 aliphatic heterocycles. The van der Waals surface area contributed by atoms with Crippen LogP contribution in [0.2, 0.25) is 0 Å². The van der Waals surface area contributed by atoms with Gasteiger partial charge in [-0.2, -0.15) is 0 Å². The van der Waals surface area contributed by atoms with Crippen molar-refractivity contribution in [2.45, 2.75) is 0 Å². The first-order valence-electron chi connectivity index (χ1n) is 6.30.